The number of hydrogen-bond acceptors (Lipinski definition) is 4. The first-order valence-electron chi connectivity index (χ1n) is 9.60. The lowest BCUT2D eigenvalue weighted by Crippen LogP contribution is -2.36. The monoisotopic (exact) mass is 373 g/mol. The van der Waals surface area contributed by atoms with Gasteiger partial charge in [0, 0.05) is 30.4 Å². The van der Waals surface area contributed by atoms with Gasteiger partial charge in [-0.05, 0) is 64.0 Å². The summed E-state index contributed by atoms with van der Waals surface area (Å²) in [5, 5.41) is 12.1. The van der Waals surface area contributed by atoms with E-state index in [2.05, 4.69) is 5.32 Å². The van der Waals surface area contributed by atoms with Crippen molar-refractivity contribution in [1.29, 1.82) is 5.26 Å². The predicted octanol–water partition coefficient (Wildman–Crippen LogP) is 4.48. The van der Waals surface area contributed by atoms with Gasteiger partial charge in [-0.1, -0.05) is 6.07 Å². The molecule has 2 unspecified atom stereocenters. The number of amides is 1. The lowest BCUT2D eigenvalue weighted by atomic mass is 9.85. The molecular formula is C21H28FN3O2. The highest BCUT2D eigenvalue weighted by atomic mass is 19.1. The third-order valence-corrected chi connectivity index (χ3v) is 5.49. The molecule has 5 nitrogen and oxygen atoms in total. The van der Waals surface area contributed by atoms with Crippen molar-refractivity contribution in [2.75, 3.05) is 18.4 Å². The molecule has 146 valence electrons. The van der Waals surface area contributed by atoms with Crippen LogP contribution in [0.4, 0.5) is 14.9 Å². The van der Waals surface area contributed by atoms with E-state index in [-0.39, 0.29) is 29.8 Å². The summed E-state index contributed by atoms with van der Waals surface area (Å²) in [6.45, 7) is 7.11. The maximum absolute atomic E-state index is 14.0. The molecule has 1 amide bonds. The van der Waals surface area contributed by atoms with Gasteiger partial charge in [0.25, 0.3) is 0 Å². The maximum atomic E-state index is 14.0. The molecule has 0 bridgehead atoms. The summed E-state index contributed by atoms with van der Waals surface area (Å²) < 4.78 is 19.5. The first-order valence-corrected chi connectivity index (χ1v) is 9.60. The largest absolute Gasteiger partial charge is 0.444 e. The van der Waals surface area contributed by atoms with Crippen LogP contribution in [0.15, 0.2) is 18.2 Å². The standard InChI is InChI=1S/C21H28FN3O2/c1-20(2,3)27-19(26)25-11-9-21(14-25)8-6-17(13-21)24-16-5-4-15(7-10-23)18(22)12-16/h4-5,12,17,24H,6-9,11,13-14H2,1-3H3. The smallest absolute Gasteiger partial charge is 0.410 e. The summed E-state index contributed by atoms with van der Waals surface area (Å²) in [6, 6.07) is 7.22. The molecule has 1 heterocycles. The molecule has 0 aromatic heterocycles. The number of likely N-dealkylation sites (tertiary alicyclic amines) is 1. The number of ether oxygens (including phenoxy) is 1. The van der Waals surface area contributed by atoms with Crippen molar-refractivity contribution in [3.8, 4) is 6.07 Å². The van der Waals surface area contributed by atoms with Crippen molar-refractivity contribution in [2.45, 2.75) is 64.5 Å². The number of nitriles is 1. The molecule has 1 aromatic rings. The summed E-state index contributed by atoms with van der Waals surface area (Å²) >= 11 is 0. The van der Waals surface area contributed by atoms with Gasteiger partial charge in [-0.2, -0.15) is 5.26 Å². The Bertz CT molecular complexity index is 753. The Hall–Kier alpha value is -2.29. The summed E-state index contributed by atoms with van der Waals surface area (Å²) in [5.41, 5.74) is 0.829. The third kappa shape index (κ3) is 4.71. The SMILES string of the molecule is CC(C)(C)OC(=O)N1CCC2(CCC(Nc3ccc(CC#N)c(F)c3)C2)C1. The van der Waals surface area contributed by atoms with Crippen molar-refractivity contribution in [3.63, 3.8) is 0 Å². The number of carbonyl (C=O) groups is 1. The van der Waals surface area contributed by atoms with Crippen molar-refractivity contribution < 1.29 is 13.9 Å². The molecule has 1 saturated heterocycles. The molecule has 0 radical (unpaired) electrons. The second-order valence-corrected chi connectivity index (χ2v) is 8.88. The molecule has 3 rings (SSSR count). The number of benzene rings is 1. The molecule has 6 heteroatoms. The molecule has 1 aliphatic carbocycles. The number of rotatable bonds is 3. The van der Waals surface area contributed by atoms with Crippen molar-refractivity contribution in [2.24, 2.45) is 5.41 Å². The van der Waals surface area contributed by atoms with Gasteiger partial charge in [0.05, 0.1) is 12.5 Å². The van der Waals surface area contributed by atoms with Crippen LogP contribution in [0.3, 0.4) is 0 Å². The Balaban J connectivity index is 1.57. The van der Waals surface area contributed by atoms with Crippen LogP contribution in [-0.2, 0) is 11.2 Å². The average molecular weight is 373 g/mol. The normalized spacial score (nSPS) is 24.9. The van der Waals surface area contributed by atoms with E-state index < -0.39 is 5.60 Å². The first kappa shape index (κ1) is 19.5. The molecule has 1 aliphatic heterocycles. The van der Waals surface area contributed by atoms with Gasteiger partial charge < -0.3 is 15.0 Å². The lowest BCUT2D eigenvalue weighted by molar-refractivity contribution is 0.0273. The zero-order valence-corrected chi connectivity index (χ0v) is 16.3. The molecule has 27 heavy (non-hydrogen) atoms. The van der Waals surface area contributed by atoms with E-state index in [1.165, 1.54) is 6.07 Å². The molecule has 1 aromatic carbocycles. The molecular weight excluding hydrogens is 345 g/mol. The number of carbonyl (C=O) groups excluding carboxylic acids is 1. The van der Waals surface area contributed by atoms with Crippen LogP contribution in [0.2, 0.25) is 0 Å². The molecule has 2 atom stereocenters. The van der Waals surface area contributed by atoms with E-state index in [0.717, 1.165) is 44.5 Å². The highest BCUT2D eigenvalue weighted by Gasteiger charge is 2.46. The average Bonchev–Trinajstić information content (AvgIpc) is 3.16. The van der Waals surface area contributed by atoms with Gasteiger partial charge in [0.15, 0.2) is 0 Å². The van der Waals surface area contributed by atoms with Gasteiger partial charge in [0.1, 0.15) is 11.4 Å². The van der Waals surface area contributed by atoms with E-state index in [1.54, 1.807) is 6.07 Å². The molecule has 2 aliphatic rings. The molecule has 2 fully saturated rings. The first-order chi connectivity index (χ1) is 12.7. The van der Waals surface area contributed by atoms with Gasteiger partial charge in [-0.15, -0.1) is 0 Å². The van der Waals surface area contributed by atoms with Crippen LogP contribution in [0, 0.1) is 22.6 Å². The van der Waals surface area contributed by atoms with Crippen LogP contribution in [0.5, 0.6) is 0 Å². The summed E-state index contributed by atoms with van der Waals surface area (Å²) in [6.07, 6.45) is 3.86. The maximum Gasteiger partial charge on any atom is 0.410 e. The van der Waals surface area contributed by atoms with Gasteiger partial charge in [0.2, 0.25) is 0 Å². The van der Waals surface area contributed by atoms with Crippen LogP contribution in [0.1, 0.15) is 52.0 Å². The second kappa shape index (κ2) is 7.38. The lowest BCUT2D eigenvalue weighted by Gasteiger charge is -2.27. The Labute approximate surface area is 160 Å². The van der Waals surface area contributed by atoms with Crippen LogP contribution >= 0.6 is 0 Å². The van der Waals surface area contributed by atoms with Gasteiger partial charge in [-0.25, -0.2) is 9.18 Å². The number of hydrogen-bond donors (Lipinski definition) is 1. The quantitative estimate of drug-likeness (QED) is 0.848. The van der Waals surface area contributed by atoms with Gasteiger partial charge >= 0.3 is 6.09 Å². The fourth-order valence-corrected chi connectivity index (χ4v) is 4.22. The van der Waals surface area contributed by atoms with E-state index in [9.17, 15) is 9.18 Å². The summed E-state index contributed by atoms with van der Waals surface area (Å²) in [7, 11) is 0. The molecule has 1 N–H and O–H groups in total. The number of nitrogens with zero attached hydrogens (tertiary/aromatic N) is 2. The Morgan fingerprint density at radius 2 is 2.22 bits per heavy atom. The zero-order valence-electron chi connectivity index (χ0n) is 16.3. The summed E-state index contributed by atoms with van der Waals surface area (Å²) in [4.78, 5) is 14.1. The summed E-state index contributed by atoms with van der Waals surface area (Å²) in [5.74, 6) is -0.341. The third-order valence-electron chi connectivity index (χ3n) is 5.49. The van der Waals surface area contributed by atoms with Crippen molar-refractivity contribution >= 4 is 11.8 Å². The fraction of sp³-hybridized carbons (Fsp3) is 0.619. The minimum atomic E-state index is -0.478. The minimum Gasteiger partial charge on any atom is -0.444 e. The van der Waals surface area contributed by atoms with E-state index in [4.69, 9.17) is 10.00 Å². The van der Waals surface area contributed by atoms with Crippen LogP contribution < -0.4 is 5.32 Å². The highest BCUT2D eigenvalue weighted by molar-refractivity contribution is 5.68. The topological polar surface area (TPSA) is 65.4 Å². The number of halogens is 1. The highest BCUT2D eigenvalue weighted by Crippen LogP contribution is 2.46. The van der Waals surface area contributed by atoms with Gasteiger partial charge in [-0.3, -0.25) is 0 Å². The van der Waals surface area contributed by atoms with Crippen LogP contribution in [-0.4, -0.2) is 35.7 Å². The second-order valence-electron chi connectivity index (χ2n) is 8.88. The van der Waals surface area contributed by atoms with Crippen LogP contribution in [0.25, 0.3) is 0 Å². The molecule has 1 saturated carbocycles. The van der Waals surface area contributed by atoms with Crippen molar-refractivity contribution in [3.05, 3.63) is 29.6 Å². The number of nitrogens with one attached hydrogen (secondary N) is 1. The minimum absolute atomic E-state index is 0.0825. The van der Waals surface area contributed by atoms with Crippen molar-refractivity contribution in [1.82, 2.24) is 4.90 Å². The Morgan fingerprint density at radius 3 is 2.89 bits per heavy atom. The number of anilines is 1. The molecule has 1 spiro atoms. The zero-order chi connectivity index (χ0) is 19.7. The van der Waals surface area contributed by atoms with E-state index in [0.29, 0.717) is 5.56 Å². The fourth-order valence-electron chi connectivity index (χ4n) is 4.22. The Kier molecular flexibility index (Phi) is 5.32. The van der Waals surface area contributed by atoms with E-state index >= 15 is 0 Å². The predicted molar refractivity (Wildman–Crippen MR) is 102 cm³/mol. The Morgan fingerprint density at radius 1 is 1.44 bits per heavy atom. The van der Waals surface area contributed by atoms with E-state index in [1.807, 2.05) is 37.8 Å².